The van der Waals surface area contributed by atoms with E-state index in [0.717, 1.165) is 6.07 Å². The third-order valence-electron chi connectivity index (χ3n) is 3.53. The Morgan fingerprint density at radius 2 is 1.72 bits per heavy atom. The topological polar surface area (TPSA) is 44.4 Å². The van der Waals surface area contributed by atoms with E-state index < -0.39 is 17.8 Å². The molecule has 0 unspecified atom stereocenters. The molecule has 0 atom stereocenters. The number of amides is 2. The van der Waals surface area contributed by atoms with E-state index >= 15 is 0 Å². The van der Waals surface area contributed by atoms with Gasteiger partial charge in [0.2, 0.25) is 0 Å². The van der Waals surface area contributed by atoms with Crippen LogP contribution in [0.25, 0.3) is 0 Å². The van der Waals surface area contributed by atoms with Gasteiger partial charge in [0.05, 0.1) is 24.3 Å². The molecule has 0 radical (unpaired) electrons. The van der Waals surface area contributed by atoms with Crippen molar-refractivity contribution in [2.24, 2.45) is 0 Å². The quantitative estimate of drug-likeness (QED) is 0.786. The van der Waals surface area contributed by atoms with E-state index in [4.69, 9.17) is 0 Å². The van der Waals surface area contributed by atoms with Crippen molar-refractivity contribution < 1.29 is 18.0 Å². The monoisotopic (exact) mass is 355 g/mol. The smallest absolute Gasteiger partial charge is 0.327 e. The average Bonchev–Trinajstić information content (AvgIpc) is 2.49. The highest BCUT2D eigenvalue weighted by Gasteiger charge is 2.33. The number of urea groups is 1. The predicted molar refractivity (Wildman–Crippen MR) is 93.2 cm³/mol. The van der Waals surface area contributed by atoms with Gasteiger partial charge >= 0.3 is 12.2 Å². The maximum atomic E-state index is 12.9. The van der Waals surface area contributed by atoms with Crippen LogP contribution < -0.4 is 10.6 Å². The molecule has 0 aromatic heterocycles. The van der Waals surface area contributed by atoms with Gasteiger partial charge in [-0.1, -0.05) is 24.0 Å². The van der Waals surface area contributed by atoms with E-state index in [2.05, 4.69) is 55.1 Å². The Morgan fingerprint density at radius 3 is 2.28 bits per heavy atom. The molecule has 2 amide bonds. The molecule has 0 saturated heterocycles. The van der Waals surface area contributed by atoms with E-state index in [9.17, 15) is 18.0 Å². The molecule has 1 aromatic carbocycles. The van der Waals surface area contributed by atoms with E-state index in [0.29, 0.717) is 18.6 Å². The molecule has 25 heavy (non-hydrogen) atoms. The zero-order valence-electron chi connectivity index (χ0n) is 14.9. The standard InChI is InChI=1S/C18H24F3N3O/c1-13(2)24(14(3)4)12-8-7-11-22-17(25)23-16-10-6-5-9-15(16)18(19,20)21/h5-6,9-10,13-14H,11-12H2,1-4H3,(H2,22,23,25). The Hall–Kier alpha value is -2.20. The van der Waals surface area contributed by atoms with Crippen LogP contribution in [0.1, 0.15) is 33.3 Å². The summed E-state index contributed by atoms with van der Waals surface area (Å²) in [6.45, 7) is 8.92. The number of alkyl halides is 3. The van der Waals surface area contributed by atoms with Gasteiger partial charge < -0.3 is 10.6 Å². The number of para-hydroxylation sites is 1. The van der Waals surface area contributed by atoms with Gasteiger partial charge in [0.15, 0.2) is 0 Å². The fraction of sp³-hybridized carbons (Fsp3) is 0.500. The van der Waals surface area contributed by atoms with Gasteiger partial charge in [-0.3, -0.25) is 4.90 Å². The minimum absolute atomic E-state index is 0.0596. The largest absolute Gasteiger partial charge is 0.418 e. The van der Waals surface area contributed by atoms with Crippen molar-refractivity contribution in [1.29, 1.82) is 0 Å². The van der Waals surface area contributed by atoms with Crippen molar-refractivity contribution in [2.45, 2.75) is 46.0 Å². The van der Waals surface area contributed by atoms with Gasteiger partial charge in [0.25, 0.3) is 0 Å². The molecular formula is C18H24F3N3O. The van der Waals surface area contributed by atoms with E-state index in [1.54, 1.807) is 0 Å². The van der Waals surface area contributed by atoms with Crippen LogP contribution in [0, 0.1) is 11.8 Å². The highest BCUT2D eigenvalue weighted by Crippen LogP contribution is 2.34. The summed E-state index contributed by atoms with van der Waals surface area (Å²) >= 11 is 0. The van der Waals surface area contributed by atoms with Gasteiger partial charge in [-0.25, -0.2) is 4.79 Å². The maximum absolute atomic E-state index is 12.9. The van der Waals surface area contributed by atoms with Gasteiger partial charge in [0.1, 0.15) is 0 Å². The third-order valence-corrected chi connectivity index (χ3v) is 3.53. The van der Waals surface area contributed by atoms with Crippen LogP contribution in [0.5, 0.6) is 0 Å². The van der Waals surface area contributed by atoms with Crippen LogP contribution >= 0.6 is 0 Å². The van der Waals surface area contributed by atoms with E-state index in [1.807, 2.05) is 0 Å². The van der Waals surface area contributed by atoms with Crippen molar-refractivity contribution in [3.8, 4) is 11.8 Å². The zero-order valence-corrected chi connectivity index (χ0v) is 14.9. The van der Waals surface area contributed by atoms with Crippen LogP contribution in [0.4, 0.5) is 23.7 Å². The molecular weight excluding hydrogens is 331 g/mol. The molecule has 0 aliphatic carbocycles. The van der Waals surface area contributed by atoms with Crippen molar-refractivity contribution >= 4 is 11.7 Å². The van der Waals surface area contributed by atoms with Crippen LogP contribution in [0.15, 0.2) is 24.3 Å². The number of carbonyl (C=O) groups is 1. The van der Waals surface area contributed by atoms with Crippen molar-refractivity contribution in [3.63, 3.8) is 0 Å². The van der Waals surface area contributed by atoms with Crippen LogP contribution in [0.3, 0.4) is 0 Å². The fourth-order valence-electron chi connectivity index (χ4n) is 2.30. The average molecular weight is 355 g/mol. The minimum Gasteiger partial charge on any atom is -0.327 e. The van der Waals surface area contributed by atoms with E-state index in [-0.39, 0.29) is 12.2 Å². The SMILES string of the molecule is CC(C)N(CC#CCNC(=O)Nc1ccccc1C(F)(F)F)C(C)C. The summed E-state index contributed by atoms with van der Waals surface area (Å²) in [7, 11) is 0. The molecule has 7 heteroatoms. The lowest BCUT2D eigenvalue weighted by molar-refractivity contribution is -0.136. The Balaban J connectivity index is 2.54. The molecule has 0 aliphatic rings. The Labute approximate surface area is 146 Å². The van der Waals surface area contributed by atoms with Crippen molar-refractivity contribution in [3.05, 3.63) is 29.8 Å². The summed E-state index contributed by atoms with van der Waals surface area (Å²) in [5, 5.41) is 4.64. The Kier molecular flexibility index (Phi) is 7.78. The van der Waals surface area contributed by atoms with Gasteiger partial charge in [-0.15, -0.1) is 0 Å². The molecule has 1 aromatic rings. The Bertz CT molecular complexity index is 622. The van der Waals surface area contributed by atoms with Gasteiger partial charge in [-0.2, -0.15) is 13.2 Å². The first kappa shape index (κ1) is 20.8. The number of anilines is 1. The number of hydrogen-bond donors (Lipinski definition) is 2. The minimum atomic E-state index is -4.53. The zero-order chi connectivity index (χ0) is 19.0. The number of carbonyl (C=O) groups excluding carboxylic acids is 1. The molecule has 0 bridgehead atoms. The van der Waals surface area contributed by atoms with Crippen LogP contribution in [-0.2, 0) is 6.18 Å². The molecule has 0 spiro atoms. The first-order chi connectivity index (χ1) is 11.6. The molecule has 0 fully saturated rings. The second kappa shape index (κ2) is 9.33. The van der Waals surface area contributed by atoms with Crippen LogP contribution in [-0.4, -0.2) is 36.1 Å². The summed E-state index contributed by atoms with van der Waals surface area (Å²) in [4.78, 5) is 13.9. The van der Waals surface area contributed by atoms with Crippen molar-refractivity contribution in [1.82, 2.24) is 10.2 Å². The van der Waals surface area contributed by atoms with Gasteiger partial charge in [-0.05, 0) is 39.8 Å². The lowest BCUT2D eigenvalue weighted by Crippen LogP contribution is -2.37. The third kappa shape index (κ3) is 7.06. The molecule has 0 saturated carbocycles. The molecule has 0 aliphatic heterocycles. The summed E-state index contributed by atoms with van der Waals surface area (Å²) < 4.78 is 38.6. The molecule has 138 valence electrons. The summed E-state index contributed by atoms with van der Waals surface area (Å²) in [6.07, 6.45) is -4.53. The number of nitrogens with zero attached hydrogens (tertiary/aromatic N) is 1. The fourth-order valence-corrected chi connectivity index (χ4v) is 2.30. The maximum Gasteiger partial charge on any atom is 0.418 e. The second-order valence-electron chi connectivity index (χ2n) is 6.06. The number of benzene rings is 1. The lowest BCUT2D eigenvalue weighted by Gasteiger charge is -2.28. The second-order valence-corrected chi connectivity index (χ2v) is 6.06. The highest BCUT2D eigenvalue weighted by atomic mass is 19.4. The highest BCUT2D eigenvalue weighted by molar-refractivity contribution is 5.90. The summed E-state index contributed by atoms with van der Waals surface area (Å²) in [5.41, 5.74) is -1.17. The first-order valence-corrected chi connectivity index (χ1v) is 8.05. The van der Waals surface area contributed by atoms with Crippen LogP contribution in [0.2, 0.25) is 0 Å². The molecule has 2 N–H and O–H groups in total. The Morgan fingerprint density at radius 1 is 1.12 bits per heavy atom. The first-order valence-electron chi connectivity index (χ1n) is 8.05. The van der Waals surface area contributed by atoms with Crippen molar-refractivity contribution in [2.75, 3.05) is 18.4 Å². The number of hydrogen-bond acceptors (Lipinski definition) is 2. The normalized spacial score (nSPS) is 11.4. The predicted octanol–water partition coefficient (Wildman–Crippen LogP) is 3.95. The number of nitrogens with one attached hydrogen (secondary N) is 2. The molecule has 4 nitrogen and oxygen atoms in total. The summed E-state index contributed by atoms with van der Waals surface area (Å²) in [6, 6.07) is 4.80. The molecule has 1 rings (SSSR count). The number of rotatable bonds is 5. The summed E-state index contributed by atoms with van der Waals surface area (Å²) in [5.74, 6) is 5.76. The lowest BCUT2D eigenvalue weighted by atomic mass is 10.1. The van der Waals surface area contributed by atoms with E-state index in [1.165, 1.54) is 18.2 Å². The van der Waals surface area contributed by atoms with Gasteiger partial charge in [0, 0.05) is 12.1 Å². The number of halogens is 3. The molecule has 0 heterocycles.